The van der Waals surface area contributed by atoms with Crippen molar-refractivity contribution in [3.05, 3.63) is 102 Å². The molecule has 1 unspecified atom stereocenters. The smallest absolute Gasteiger partial charge is 0.410 e. The zero-order chi connectivity index (χ0) is 24.3. The van der Waals surface area contributed by atoms with Gasteiger partial charge < -0.3 is 14.4 Å². The van der Waals surface area contributed by atoms with Crippen LogP contribution in [0.5, 0.6) is 0 Å². The van der Waals surface area contributed by atoms with Crippen LogP contribution in [-0.2, 0) is 26.5 Å². The van der Waals surface area contributed by atoms with Crippen molar-refractivity contribution < 1.29 is 19.1 Å². The molecular weight excluding hydrogens is 428 g/mol. The third kappa shape index (κ3) is 4.82. The van der Waals surface area contributed by atoms with Gasteiger partial charge in [-0.25, -0.2) is 4.79 Å². The van der Waals surface area contributed by atoms with Gasteiger partial charge in [0.2, 0.25) is 0 Å². The number of hydrogen-bond donors (Lipinski definition) is 1. The van der Waals surface area contributed by atoms with E-state index in [1.54, 1.807) is 25.7 Å². The van der Waals surface area contributed by atoms with Crippen molar-refractivity contribution in [1.29, 1.82) is 0 Å². The largest absolute Gasteiger partial charge is 0.444 e. The number of benzene rings is 3. The Morgan fingerprint density at radius 1 is 0.941 bits per heavy atom. The van der Waals surface area contributed by atoms with E-state index >= 15 is 0 Å². The fourth-order valence-electron chi connectivity index (χ4n) is 4.11. The Hall–Kier alpha value is -3.64. The zero-order valence-electron chi connectivity index (χ0n) is 19.9. The van der Waals surface area contributed by atoms with Gasteiger partial charge in [0, 0.05) is 5.56 Å². The molecule has 1 aliphatic rings. The highest BCUT2D eigenvalue weighted by Gasteiger charge is 2.55. The summed E-state index contributed by atoms with van der Waals surface area (Å²) in [5.41, 5.74) is 0.649. The first-order valence-electron chi connectivity index (χ1n) is 11.4. The molecule has 2 amide bonds. The molecule has 6 heteroatoms. The van der Waals surface area contributed by atoms with Gasteiger partial charge in [0.1, 0.15) is 5.60 Å². The number of hydrogen-bond acceptors (Lipinski definition) is 4. The molecule has 0 bridgehead atoms. The molecule has 4 rings (SSSR count). The molecule has 1 N–H and O–H groups in total. The minimum atomic E-state index is -1.73. The van der Waals surface area contributed by atoms with Gasteiger partial charge in [-0.05, 0) is 44.9 Å². The maximum Gasteiger partial charge on any atom is 0.410 e. The van der Waals surface area contributed by atoms with Crippen molar-refractivity contribution in [2.24, 2.45) is 0 Å². The predicted octanol–water partition coefficient (Wildman–Crippen LogP) is 5.69. The molecule has 0 saturated carbocycles. The third-order valence-electron chi connectivity index (χ3n) is 5.60. The number of amides is 2. The second kappa shape index (κ2) is 9.31. The highest BCUT2D eigenvalue weighted by Crippen LogP contribution is 2.44. The van der Waals surface area contributed by atoms with Crippen LogP contribution in [0, 0.1) is 0 Å². The van der Waals surface area contributed by atoms with E-state index < -0.39 is 23.5 Å². The molecule has 3 aromatic carbocycles. The SMILES string of the molecule is CC(O[C@@]1(NC(=O)OC(C)(C)C)C(=O)N(Cc2ccccc2)c2ccccc21)c1ccccc1. The zero-order valence-corrected chi connectivity index (χ0v) is 19.9. The van der Waals surface area contributed by atoms with E-state index in [1.807, 2.05) is 91.9 Å². The van der Waals surface area contributed by atoms with E-state index in [2.05, 4.69) is 5.32 Å². The summed E-state index contributed by atoms with van der Waals surface area (Å²) in [6.45, 7) is 7.54. The molecule has 0 fully saturated rings. The van der Waals surface area contributed by atoms with E-state index in [4.69, 9.17) is 9.47 Å². The summed E-state index contributed by atoms with van der Waals surface area (Å²) in [6, 6.07) is 26.7. The van der Waals surface area contributed by atoms with Crippen LogP contribution < -0.4 is 10.2 Å². The third-order valence-corrected chi connectivity index (χ3v) is 5.60. The summed E-state index contributed by atoms with van der Waals surface area (Å²) in [4.78, 5) is 28.7. The summed E-state index contributed by atoms with van der Waals surface area (Å²) in [5, 5.41) is 2.80. The van der Waals surface area contributed by atoms with Gasteiger partial charge in [-0.2, -0.15) is 0 Å². The average molecular weight is 459 g/mol. The van der Waals surface area contributed by atoms with E-state index in [0.29, 0.717) is 17.8 Å². The Kier molecular flexibility index (Phi) is 6.44. The molecule has 0 aliphatic carbocycles. The molecule has 34 heavy (non-hydrogen) atoms. The van der Waals surface area contributed by atoms with E-state index in [9.17, 15) is 9.59 Å². The Labute approximate surface area is 200 Å². The molecule has 6 nitrogen and oxygen atoms in total. The van der Waals surface area contributed by atoms with Crippen molar-refractivity contribution in [1.82, 2.24) is 5.32 Å². The van der Waals surface area contributed by atoms with Crippen LogP contribution in [-0.4, -0.2) is 17.6 Å². The van der Waals surface area contributed by atoms with Crippen LogP contribution in [0.2, 0.25) is 0 Å². The number of alkyl carbamates (subject to hydrolysis) is 1. The molecule has 1 aliphatic heterocycles. The van der Waals surface area contributed by atoms with Gasteiger partial charge in [-0.15, -0.1) is 0 Å². The lowest BCUT2D eigenvalue weighted by atomic mass is 10.0. The number of carbonyl (C=O) groups excluding carboxylic acids is 2. The van der Waals surface area contributed by atoms with Crippen molar-refractivity contribution in [2.45, 2.75) is 51.7 Å². The first-order chi connectivity index (χ1) is 16.2. The lowest BCUT2D eigenvalue weighted by Crippen LogP contribution is -2.56. The topological polar surface area (TPSA) is 67.9 Å². The minimum Gasteiger partial charge on any atom is -0.444 e. The summed E-state index contributed by atoms with van der Waals surface area (Å²) in [7, 11) is 0. The Morgan fingerprint density at radius 3 is 2.18 bits per heavy atom. The average Bonchev–Trinajstić information content (AvgIpc) is 3.02. The number of ether oxygens (including phenoxy) is 2. The van der Waals surface area contributed by atoms with Crippen LogP contribution in [0.15, 0.2) is 84.9 Å². The second-order valence-corrected chi connectivity index (χ2v) is 9.37. The fourth-order valence-corrected chi connectivity index (χ4v) is 4.11. The molecule has 2 atom stereocenters. The molecule has 0 spiro atoms. The number of carbonyl (C=O) groups is 2. The van der Waals surface area contributed by atoms with E-state index in [-0.39, 0.29) is 5.91 Å². The van der Waals surface area contributed by atoms with Crippen LogP contribution in [0.4, 0.5) is 10.5 Å². The molecular formula is C28H30N2O4. The molecule has 0 saturated heterocycles. The van der Waals surface area contributed by atoms with Crippen LogP contribution >= 0.6 is 0 Å². The standard InChI is InChI=1S/C28H30N2O4/c1-20(22-15-9-6-10-16-22)33-28(29-26(32)34-27(2,3)4)23-17-11-12-18-24(23)30(25(28)31)19-21-13-7-5-8-14-21/h5-18,20H,19H2,1-4H3,(H,29,32)/t20?,28-/m1/s1. The van der Waals surface area contributed by atoms with Crippen LogP contribution in [0.3, 0.4) is 0 Å². The number of fused-ring (bicyclic) bond motifs is 1. The molecule has 3 aromatic rings. The number of nitrogens with zero attached hydrogens (tertiary/aromatic N) is 1. The van der Waals surface area contributed by atoms with Gasteiger partial charge in [-0.1, -0.05) is 78.9 Å². The maximum atomic E-state index is 14.1. The monoisotopic (exact) mass is 458 g/mol. The van der Waals surface area contributed by atoms with Gasteiger partial charge >= 0.3 is 6.09 Å². The summed E-state index contributed by atoms with van der Waals surface area (Å²) in [5.74, 6) is -0.369. The lowest BCUT2D eigenvalue weighted by Gasteiger charge is -2.33. The summed E-state index contributed by atoms with van der Waals surface area (Å²) >= 11 is 0. The highest BCUT2D eigenvalue weighted by molar-refractivity contribution is 6.08. The molecule has 0 radical (unpaired) electrons. The first kappa shape index (κ1) is 23.5. The van der Waals surface area contributed by atoms with Gasteiger partial charge in [0.05, 0.1) is 18.3 Å². The van der Waals surface area contributed by atoms with Gasteiger partial charge in [0.25, 0.3) is 11.6 Å². The van der Waals surface area contributed by atoms with Crippen molar-refractivity contribution in [2.75, 3.05) is 4.90 Å². The number of anilines is 1. The van der Waals surface area contributed by atoms with Gasteiger partial charge in [0.15, 0.2) is 0 Å². The van der Waals surface area contributed by atoms with E-state index in [1.165, 1.54) is 0 Å². The predicted molar refractivity (Wildman–Crippen MR) is 131 cm³/mol. The van der Waals surface area contributed by atoms with Crippen molar-refractivity contribution >= 4 is 17.7 Å². The van der Waals surface area contributed by atoms with Crippen molar-refractivity contribution in [3.63, 3.8) is 0 Å². The Bertz CT molecular complexity index is 1160. The van der Waals surface area contributed by atoms with Crippen LogP contribution in [0.25, 0.3) is 0 Å². The maximum absolute atomic E-state index is 14.1. The summed E-state index contributed by atoms with van der Waals surface area (Å²) < 4.78 is 12.0. The Balaban J connectivity index is 1.77. The molecule has 176 valence electrons. The molecule has 0 aromatic heterocycles. The van der Waals surface area contributed by atoms with Crippen LogP contribution in [0.1, 0.15) is 50.5 Å². The fraction of sp³-hybridized carbons (Fsp3) is 0.286. The van der Waals surface area contributed by atoms with E-state index in [0.717, 1.165) is 11.1 Å². The normalized spacial score (nSPS) is 18.4. The highest BCUT2D eigenvalue weighted by atomic mass is 16.6. The Morgan fingerprint density at radius 2 is 1.53 bits per heavy atom. The summed E-state index contributed by atoms with van der Waals surface area (Å²) in [6.07, 6.45) is -1.21. The number of nitrogens with one attached hydrogen (secondary N) is 1. The first-order valence-corrected chi connectivity index (χ1v) is 11.4. The second-order valence-electron chi connectivity index (χ2n) is 9.37. The van der Waals surface area contributed by atoms with Crippen molar-refractivity contribution in [3.8, 4) is 0 Å². The lowest BCUT2D eigenvalue weighted by molar-refractivity contribution is -0.158. The minimum absolute atomic E-state index is 0.345. The number of rotatable bonds is 6. The van der Waals surface area contributed by atoms with Gasteiger partial charge in [-0.3, -0.25) is 10.1 Å². The number of para-hydroxylation sites is 1. The quantitative estimate of drug-likeness (QED) is 0.482. The molecule has 1 heterocycles.